The minimum atomic E-state index is -0.186. The summed E-state index contributed by atoms with van der Waals surface area (Å²) < 4.78 is 0. The molecule has 15 heavy (non-hydrogen) atoms. The van der Waals surface area contributed by atoms with E-state index >= 15 is 0 Å². The second-order valence-electron chi connectivity index (χ2n) is 5.06. The molecule has 1 amide bonds. The molecule has 2 unspecified atom stereocenters. The maximum Gasteiger partial charge on any atom is 0.220 e. The maximum atomic E-state index is 11.5. The van der Waals surface area contributed by atoms with E-state index in [0.717, 1.165) is 19.3 Å². The first-order valence-electron chi connectivity index (χ1n) is 6.20. The smallest absolute Gasteiger partial charge is 0.220 e. The Hall–Kier alpha value is -0.570. The van der Waals surface area contributed by atoms with Crippen LogP contribution in [0.25, 0.3) is 0 Å². The summed E-state index contributed by atoms with van der Waals surface area (Å²) in [6, 6.07) is 0. The van der Waals surface area contributed by atoms with Crippen molar-refractivity contribution in [2.75, 3.05) is 6.54 Å². The molecule has 2 rings (SSSR count). The Balaban J connectivity index is 1.61. The van der Waals surface area contributed by atoms with E-state index in [1.165, 1.54) is 19.3 Å². The average molecular weight is 211 g/mol. The second-order valence-corrected chi connectivity index (χ2v) is 5.06. The Morgan fingerprint density at radius 1 is 1.20 bits per heavy atom. The summed E-state index contributed by atoms with van der Waals surface area (Å²) in [5.74, 6) is 1.12. The van der Waals surface area contributed by atoms with Crippen molar-refractivity contribution in [3.63, 3.8) is 0 Å². The Bertz CT molecular complexity index is 226. The van der Waals surface area contributed by atoms with Gasteiger partial charge in [0.25, 0.3) is 0 Å². The van der Waals surface area contributed by atoms with E-state index in [1.807, 2.05) is 0 Å². The molecule has 2 N–H and O–H groups in total. The Morgan fingerprint density at radius 3 is 2.47 bits per heavy atom. The van der Waals surface area contributed by atoms with Crippen molar-refractivity contribution >= 4 is 5.91 Å². The van der Waals surface area contributed by atoms with E-state index in [1.54, 1.807) is 0 Å². The molecule has 2 aliphatic carbocycles. The number of carbonyl (C=O) groups excluding carboxylic acids is 1. The molecule has 86 valence electrons. The van der Waals surface area contributed by atoms with Crippen LogP contribution in [0.3, 0.4) is 0 Å². The van der Waals surface area contributed by atoms with Crippen molar-refractivity contribution in [2.45, 2.75) is 51.0 Å². The highest BCUT2D eigenvalue weighted by Gasteiger charge is 2.26. The fourth-order valence-corrected chi connectivity index (χ4v) is 2.53. The Morgan fingerprint density at radius 2 is 1.93 bits per heavy atom. The normalized spacial score (nSPS) is 31.3. The number of aliphatic hydroxyl groups is 1. The molecule has 0 spiro atoms. The summed E-state index contributed by atoms with van der Waals surface area (Å²) >= 11 is 0. The van der Waals surface area contributed by atoms with Gasteiger partial charge in [-0.05, 0) is 31.6 Å². The van der Waals surface area contributed by atoms with E-state index in [9.17, 15) is 9.90 Å². The van der Waals surface area contributed by atoms with Crippen LogP contribution in [0.1, 0.15) is 44.9 Å². The second kappa shape index (κ2) is 4.97. The van der Waals surface area contributed by atoms with Crippen LogP contribution in [-0.2, 0) is 4.79 Å². The van der Waals surface area contributed by atoms with Crippen LogP contribution in [0.15, 0.2) is 0 Å². The number of carbonyl (C=O) groups is 1. The number of hydrogen-bond donors (Lipinski definition) is 2. The summed E-state index contributed by atoms with van der Waals surface area (Å²) in [7, 11) is 0. The lowest BCUT2D eigenvalue weighted by Crippen LogP contribution is -2.34. The van der Waals surface area contributed by atoms with Crippen LogP contribution in [0.5, 0.6) is 0 Å². The van der Waals surface area contributed by atoms with Crippen LogP contribution < -0.4 is 5.32 Å². The van der Waals surface area contributed by atoms with Crippen LogP contribution in [-0.4, -0.2) is 23.7 Å². The van der Waals surface area contributed by atoms with Crippen molar-refractivity contribution in [2.24, 2.45) is 11.8 Å². The first-order valence-corrected chi connectivity index (χ1v) is 6.20. The molecule has 0 aliphatic heterocycles. The fraction of sp³-hybridized carbons (Fsp3) is 0.917. The molecule has 0 bridgehead atoms. The molecule has 3 nitrogen and oxygen atoms in total. The SMILES string of the molecule is O=C(CC1CCC1)NCC1CCCC1O. The zero-order valence-electron chi connectivity index (χ0n) is 9.24. The van der Waals surface area contributed by atoms with Crippen molar-refractivity contribution in [1.82, 2.24) is 5.32 Å². The summed E-state index contributed by atoms with van der Waals surface area (Å²) in [6.07, 6.45) is 7.31. The van der Waals surface area contributed by atoms with Crippen molar-refractivity contribution in [3.8, 4) is 0 Å². The van der Waals surface area contributed by atoms with Gasteiger partial charge in [0.2, 0.25) is 5.91 Å². The quantitative estimate of drug-likeness (QED) is 0.739. The highest BCUT2D eigenvalue weighted by atomic mass is 16.3. The van der Waals surface area contributed by atoms with Gasteiger partial charge in [-0.25, -0.2) is 0 Å². The topological polar surface area (TPSA) is 49.3 Å². The van der Waals surface area contributed by atoms with E-state index in [-0.39, 0.29) is 12.0 Å². The number of amides is 1. The minimum absolute atomic E-state index is 0.179. The molecule has 0 radical (unpaired) electrons. The third-order valence-corrected chi connectivity index (χ3v) is 3.88. The van der Waals surface area contributed by atoms with Crippen molar-refractivity contribution < 1.29 is 9.90 Å². The van der Waals surface area contributed by atoms with Crippen LogP contribution in [0, 0.1) is 11.8 Å². The fourth-order valence-electron chi connectivity index (χ4n) is 2.53. The minimum Gasteiger partial charge on any atom is -0.393 e. The third-order valence-electron chi connectivity index (χ3n) is 3.88. The predicted octanol–water partition coefficient (Wildman–Crippen LogP) is 1.45. The Kier molecular flexibility index (Phi) is 3.62. The highest BCUT2D eigenvalue weighted by molar-refractivity contribution is 5.76. The monoisotopic (exact) mass is 211 g/mol. The van der Waals surface area contributed by atoms with Gasteiger partial charge in [0.1, 0.15) is 0 Å². The number of rotatable bonds is 4. The van der Waals surface area contributed by atoms with Crippen LogP contribution >= 0.6 is 0 Å². The van der Waals surface area contributed by atoms with Gasteiger partial charge in [-0.1, -0.05) is 12.8 Å². The molecule has 0 saturated heterocycles. The lowest BCUT2D eigenvalue weighted by molar-refractivity contribution is -0.122. The first kappa shape index (κ1) is 10.9. The predicted molar refractivity (Wildman–Crippen MR) is 58.3 cm³/mol. The van der Waals surface area contributed by atoms with E-state index in [4.69, 9.17) is 0 Å². The van der Waals surface area contributed by atoms with Crippen LogP contribution in [0.4, 0.5) is 0 Å². The summed E-state index contributed by atoms with van der Waals surface area (Å²) in [6.45, 7) is 0.673. The number of nitrogens with one attached hydrogen (secondary N) is 1. The van der Waals surface area contributed by atoms with Gasteiger partial charge < -0.3 is 10.4 Å². The van der Waals surface area contributed by atoms with Crippen LogP contribution in [0.2, 0.25) is 0 Å². The zero-order valence-corrected chi connectivity index (χ0v) is 9.24. The molecular formula is C12H21NO2. The van der Waals surface area contributed by atoms with E-state index in [2.05, 4.69) is 5.32 Å². The summed E-state index contributed by atoms with van der Waals surface area (Å²) in [5, 5.41) is 12.5. The number of hydrogen-bond acceptors (Lipinski definition) is 2. The van der Waals surface area contributed by atoms with Gasteiger partial charge in [-0.15, -0.1) is 0 Å². The largest absolute Gasteiger partial charge is 0.393 e. The highest BCUT2D eigenvalue weighted by Crippen LogP contribution is 2.29. The molecule has 2 aliphatic rings. The first-order chi connectivity index (χ1) is 7.25. The van der Waals surface area contributed by atoms with Gasteiger partial charge in [-0.2, -0.15) is 0 Å². The van der Waals surface area contributed by atoms with Crippen molar-refractivity contribution in [3.05, 3.63) is 0 Å². The van der Waals surface area contributed by atoms with Gasteiger partial charge in [0.05, 0.1) is 6.10 Å². The lowest BCUT2D eigenvalue weighted by Gasteiger charge is -2.25. The molecule has 0 heterocycles. The zero-order chi connectivity index (χ0) is 10.7. The molecular weight excluding hydrogens is 190 g/mol. The molecule has 3 heteroatoms. The molecule has 2 atom stereocenters. The molecule has 2 fully saturated rings. The summed E-state index contributed by atoms with van der Waals surface area (Å²) in [4.78, 5) is 11.5. The maximum absolute atomic E-state index is 11.5. The molecule has 0 aromatic heterocycles. The van der Waals surface area contributed by atoms with Gasteiger partial charge >= 0.3 is 0 Å². The lowest BCUT2D eigenvalue weighted by atomic mass is 9.83. The van der Waals surface area contributed by atoms with Gasteiger partial charge in [0.15, 0.2) is 0 Å². The molecule has 0 aromatic rings. The van der Waals surface area contributed by atoms with Crippen molar-refractivity contribution in [1.29, 1.82) is 0 Å². The van der Waals surface area contributed by atoms with E-state index < -0.39 is 0 Å². The third kappa shape index (κ3) is 2.94. The molecule has 2 saturated carbocycles. The Labute approximate surface area is 91.2 Å². The van der Waals surface area contributed by atoms with E-state index in [0.29, 0.717) is 24.8 Å². The van der Waals surface area contributed by atoms with Gasteiger partial charge in [0, 0.05) is 18.9 Å². The molecule has 0 aromatic carbocycles. The standard InChI is InChI=1S/C12H21NO2/c14-11-6-2-5-10(11)8-13-12(15)7-9-3-1-4-9/h9-11,14H,1-8H2,(H,13,15). The summed E-state index contributed by atoms with van der Waals surface area (Å²) in [5.41, 5.74) is 0. The van der Waals surface area contributed by atoms with Gasteiger partial charge in [-0.3, -0.25) is 4.79 Å². The average Bonchev–Trinajstić information content (AvgIpc) is 2.55. The number of aliphatic hydroxyl groups excluding tert-OH is 1.